The Bertz CT molecular complexity index is 1080. The van der Waals surface area contributed by atoms with E-state index >= 15 is 0 Å². The van der Waals surface area contributed by atoms with Gasteiger partial charge in [0.2, 0.25) is 5.91 Å². The second kappa shape index (κ2) is 16.6. The van der Waals surface area contributed by atoms with Crippen LogP contribution in [0.5, 0.6) is 0 Å². The van der Waals surface area contributed by atoms with E-state index in [4.69, 9.17) is 9.47 Å². The summed E-state index contributed by atoms with van der Waals surface area (Å²) in [5, 5.41) is 20.9. The first-order valence-electron chi connectivity index (χ1n) is 14.8. The van der Waals surface area contributed by atoms with E-state index in [0.717, 1.165) is 0 Å². The molecule has 1 aromatic heterocycles. The van der Waals surface area contributed by atoms with Gasteiger partial charge in [-0.2, -0.15) is 0 Å². The van der Waals surface area contributed by atoms with E-state index in [1.807, 2.05) is 51.3 Å². The minimum Gasteiger partial charge on any atom is -0.459 e. The summed E-state index contributed by atoms with van der Waals surface area (Å²) >= 11 is 0. The second-order valence-corrected chi connectivity index (χ2v) is 12.7. The van der Waals surface area contributed by atoms with Gasteiger partial charge in [0, 0.05) is 65.2 Å². The number of carbonyl (C=O) groups excluding carboxylic acids is 3. The summed E-state index contributed by atoms with van der Waals surface area (Å²) in [7, 11) is 0. The molecule has 1 atom stereocenters. The Morgan fingerprint density at radius 3 is 2.19 bits per heavy atom. The van der Waals surface area contributed by atoms with Crippen molar-refractivity contribution in [2.75, 3.05) is 65.4 Å². The molecule has 0 saturated carbocycles. The highest BCUT2D eigenvalue weighted by molar-refractivity contribution is 5.77. The number of nitrogens with one attached hydrogen (secondary N) is 3. The number of carbonyl (C=O) groups is 3. The Morgan fingerprint density at radius 2 is 1.58 bits per heavy atom. The first-order chi connectivity index (χ1) is 20.0. The quantitative estimate of drug-likeness (QED) is 0.190. The van der Waals surface area contributed by atoms with Crippen molar-refractivity contribution in [2.24, 2.45) is 0 Å². The van der Waals surface area contributed by atoms with Crippen LogP contribution in [0.25, 0.3) is 0 Å². The molecule has 15 heteroatoms. The second-order valence-electron chi connectivity index (χ2n) is 12.7. The first kappa shape index (κ1) is 36.1. The molecule has 15 nitrogen and oxygen atoms in total. The zero-order valence-electron chi connectivity index (χ0n) is 26.7. The standard InChI is InChI=1S/C28H50N8O7/c1-21-32-18-24(36(40)41)35(21)15-11-31-23(37)16-22-17-30-9-13-33(19-25(38)42-27(2,3)4)12-8-29-10-14-34(22)20-26(39)43-28(5,6)7/h18,22,29-30H,8-17,19-20H2,1-7H3,(H,31,37). The minimum absolute atomic E-state index is 0.0176. The molecule has 1 aliphatic rings. The summed E-state index contributed by atoms with van der Waals surface area (Å²) in [5.41, 5.74) is -1.20. The fourth-order valence-electron chi connectivity index (χ4n) is 4.65. The van der Waals surface area contributed by atoms with Crippen molar-refractivity contribution in [3.05, 3.63) is 22.1 Å². The van der Waals surface area contributed by atoms with Crippen molar-refractivity contribution in [2.45, 2.75) is 78.7 Å². The molecule has 244 valence electrons. The number of aryl methyl sites for hydroxylation is 1. The summed E-state index contributed by atoms with van der Waals surface area (Å²) in [6.45, 7) is 17.1. The SMILES string of the molecule is Cc1ncc([N+](=O)[O-])n1CCNC(=O)CC1CNCCN(CC(=O)OC(C)(C)C)CCNCCN1CC(=O)OC(C)(C)C. The number of nitrogens with zero attached hydrogens (tertiary/aromatic N) is 5. The van der Waals surface area contributed by atoms with Gasteiger partial charge in [-0.15, -0.1) is 0 Å². The number of aromatic nitrogens is 2. The third-order valence-electron chi connectivity index (χ3n) is 6.51. The number of nitro groups is 1. The van der Waals surface area contributed by atoms with Crippen LogP contribution in [0.1, 0.15) is 53.8 Å². The molecule has 0 bridgehead atoms. The van der Waals surface area contributed by atoms with E-state index in [2.05, 4.69) is 20.9 Å². The van der Waals surface area contributed by atoms with Crippen LogP contribution in [0, 0.1) is 17.0 Å². The summed E-state index contributed by atoms with van der Waals surface area (Å²) in [5.74, 6) is -0.549. The van der Waals surface area contributed by atoms with Gasteiger partial charge in [0.25, 0.3) is 0 Å². The van der Waals surface area contributed by atoms with Crippen LogP contribution in [-0.2, 0) is 30.4 Å². The van der Waals surface area contributed by atoms with Crippen LogP contribution in [-0.4, -0.2) is 125 Å². The zero-order chi connectivity index (χ0) is 32.2. The molecule has 1 amide bonds. The molecular weight excluding hydrogens is 560 g/mol. The molecule has 3 N–H and O–H groups in total. The zero-order valence-corrected chi connectivity index (χ0v) is 26.7. The van der Waals surface area contributed by atoms with Crippen LogP contribution in [0.2, 0.25) is 0 Å². The maximum atomic E-state index is 13.1. The highest BCUT2D eigenvalue weighted by Gasteiger charge is 2.27. The number of hydrogen-bond acceptors (Lipinski definition) is 12. The van der Waals surface area contributed by atoms with Crippen LogP contribution < -0.4 is 16.0 Å². The number of ether oxygens (including phenoxy) is 2. The summed E-state index contributed by atoms with van der Waals surface area (Å²) < 4.78 is 12.5. The van der Waals surface area contributed by atoms with E-state index in [0.29, 0.717) is 51.6 Å². The smallest absolute Gasteiger partial charge is 0.342 e. The lowest BCUT2D eigenvalue weighted by Gasteiger charge is -2.33. The number of esters is 2. The average molecular weight is 611 g/mol. The lowest BCUT2D eigenvalue weighted by Crippen LogP contribution is -2.52. The molecule has 1 aliphatic heterocycles. The van der Waals surface area contributed by atoms with Crippen LogP contribution in [0.4, 0.5) is 5.82 Å². The molecule has 0 aliphatic carbocycles. The fraction of sp³-hybridized carbons (Fsp3) is 0.786. The van der Waals surface area contributed by atoms with E-state index in [9.17, 15) is 24.5 Å². The van der Waals surface area contributed by atoms with Crippen molar-refractivity contribution in [1.29, 1.82) is 0 Å². The Kier molecular flexibility index (Phi) is 14.0. The minimum atomic E-state index is -0.640. The maximum absolute atomic E-state index is 13.1. The van der Waals surface area contributed by atoms with Gasteiger partial charge in [-0.25, -0.2) is 9.55 Å². The number of hydrogen-bond donors (Lipinski definition) is 3. The molecule has 0 radical (unpaired) electrons. The van der Waals surface area contributed by atoms with Crippen molar-refractivity contribution in [3.63, 3.8) is 0 Å². The van der Waals surface area contributed by atoms with Gasteiger partial charge >= 0.3 is 17.8 Å². The van der Waals surface area contributed by atoms with Crippen LogP contribution >= 0.6 is 0 Å². The lowest BCUT2D eigenvalue weighted by atomic mass is 10.1. The van der Waals surface area contributed by atoms with E-state index in [1.54, 1.807) is 6.92 Å². The first-order valence-corrected chi connectivity index (χ1v) is 14.8. The lowest BCUT2D eigenvalue weighted by molar-refractivity contribution is -0.392. The molecule has 1 unspecified atom stereocenters. The van der Waals surface area contributed by atoms with Gasteiger partial charge in [0.15, 0.2) is 5.82 Å². The van der Waals surface area contributed by atoms with Crippen LogP contribution in [0.3, 0.4) is 0 Å². The monoisotopic (exact) mass is 610 g/mol. The van der Waals surface area contributed by atoms with Crippen molar-refractivity contribution < 1.29 is 28.8 Å². The Morgan fingerprint density at radius 1 is 1.00 bits per heavy atom. The Hall–Kier alpha value is -3.14. The van der Waals surface area contributed by atoms with Gasteiger partial charge in [-0.3, -0.25) is 24.2 Å². The van der Waals surface area contributed by atoms with Crippen molar-refractivity contribution >= 4 is 23.7 Å². The maximum Gasteiger partial charge on any atom is 0.342 e. The molecule has 0 aromatic carbocycles. The summed E-state index contributed by atoms with van der Waals surface area (Å²) in [6.07, 6.45) is 1.30. The van der Waals surface area contributed by atoms with E-state index in [1.165, 1.54) is 10.8 Å². The fourth-order valence-corrected chi connectivity index (χ4v) is 4.65. The number of imidazole rings is 1. The normalized spacial score (nSPS) is 18.3. The summed E-state index contributed by atoms with van der Waals surface area (Å²) in [6, 6.07) is -0.336. The number of amides is 1. The third kappa shape index (κ3) is 14.3. The molecule has 0 spiro atoms. The van der Waals surface area contributed by atoms with Gasteiger partial charge in [-0.1, -0.05) is 0 Å². The molecule has 2 rings (SSSR count). The topological polar surface area (TPSA) is 173 Å². The summed E-state index contributed by atoms with van der Waals surface area (Å²) in [4.78, 5) is 57.0. The predicted octanol–water partition coefficient (Wildman–Crippen LogP) is 0.455. The largest absolute Gasteiger partial charge is 0.459 e. The van der Waals surface area contributed by atoms with Crippen LogP contribution in [0.15, 0.2) is 6.20 Å². The van der Waals surface area contributed by atoms with Gasteiger partial charge in [-0.05, 0) is 46.5 Å². The van der Waals surface area contributed by atoms with Crippen molar-refractivity contribution in [1.82, 2.24) is 35.3 Å². The van der Waals surface area contributed by atoms with Crippen molar-refractivity contribution in [3.8, 4) is 0 Å². The average Bonchev–Trinajstić information content (AvgIpc) is 3.22. The molecule has 1 aromatic rings. The van der Waals surface area contributed by atoms with E-state index < -0.39 is 16.1 Å². The van der Waals surface area contributed by atoms with Gasteiger partial charge < -0.3 is 35.5 Å². The Labute approximate surface area is 254 Å². The van der Waals surface area contributed by atoms with Gasteiger partial charge in [0.1, 0.15) is 23.9 Å². The number of rotatable bonds is 10. The Balaban J connectivity index is 2.07. The highest BCUT2D eigenvalue weighted by Crippen LogP contribution is 2.13. The predicted molar refractivity (Wildman–Crippen MR) is 160 cm³/mol. The molecule has 1 saturated heterocycles. The molecule has 43 heavy (non-hydrogen) atoms. The highest BCUT2D eigenvalue weighted by atomic mass is 16.6. The molecule has 1 fully saturated rings. The molecule has 2 heterocycles. The van der Waals surface area contributed by atoms with E-state index in [-0.39, 0.29) is 62.3 Å². The third-order valence-corrected chi connectivity index (χ3v) is 6.51. The van der Waals surface area contributed by atoms with Gasteiger partial charge in [0.05, 0.1) is 19.6 Å². The molecular formula is C28H50N8O7.